The molecular formula is C36H53N5O5. The van der Waals surface area contributed by atoms with Crippen molar-refractivity contribution in [1.82, 2.24) is 9.80 Å². The fourth-order valence-corrected chi connectivity index (χ4v) is 6.54. The number of hydrogen-bond donors (Lipinski definition) is 4. The Morgan fingerprint density at radius 1 is 0.978 bits per heavy atom. The molecule has 1 fully saturated rings. The summed E-state index contributed by atoms with van der Waals surface area (Å²) in [7, 11) is 2.14. The summed E-state index contributed by atoms with van der Waals surface area (Å²) < 4.78 is 6.68. The van der Waals surface area contributed by atoms with Gasteiger partial charge in [-0.05, 0) is 69.8 Å². The maximum atomic E-state index is 13.8. The Hall–Kier alpha value is -3.63. The normalized spacial score (nSPS) is 19.5. The number of carbonyl (C=O) groups excluding carboxylic acids is 3. The Morgan fingerprint density at radius 2 is 1.63 bits per heavy atom. The van der Waals surface area contributed by atoms with Gasteiger partial charge in [-0.25, -0.2) is 0 Å². The number of para-hydroxylation sites is 3. The molecule has 0 bridgehead atoms. The van der Waals surface area contributed by atoms with E-state index >= 15 is 0 Å². The third-order valence-corrected chi connectivity index (χ3v) is 9.29. The van der Waals surface area contributed by atoms with E-state index in [4.69, 9.17) is 10.5 Å². The molecule has 2 aromatic rings. The maximum absolute atomic E-state index is 13.8. The number of likely N-dealkylation sites (N-methyl/N-ethyl adjacent to an activating group) is 1. The Kier molecular flexibility index (Phi) is 13.3. The second-order valence-corrected chi connectivity index (χ2v) is 13.3. The van der Waals surface area contributed by atoms with Crippen LogP contribution in [0.25, 0.3) is 0 Å². The number of amides is 3. The van der Waals surface area contributed by atoms with E-state index in [1.165, 1.54) is 32.1 Å². The number of aliphatic hydroxyl groups is 1. The number of nitrogen functional groups attached to an aromatic ring is 1. The summed E-state index contributed by atoms with van der Waals surface area (Å²) in [6.45, 7) is 5.97. The minimum Gasteiger partial charge on any atom is -0.486 e. The largest absolute Gasteiger partial charge is 0.486 e. The van der Waals surface area contributed by atoms with E-state index in [9.17, 15) is 19.5 Å². The highest BCUT2D eigenvalue weighted by Gasteiger charge is 2.35. The summed E-state index contributed by atoms with van der Waals surface area (Å²) >= 11 is 0. The Bertz CT molecular complexity index is 1310. The van der Waals surface area contributed by atoms with Crippen LogP contribution in [0.1, 0.15) is 88.4 Å². The van der Waals surface area contributed by atoms with E-state index < -0.39 is 0 Å². The van der Waals surface area contributed by atoms with Crippen LogP contribution in [-0.4, -0.2) is 78.1 Å². The molecule has 5 N–H and O–H groups in total. The van der Waals surface area contributed by atoms with Gasteiger partial charge < -0.3 is 36.0 Å². The van der Waals surface area contributed by atoms with Crippen LogP contribution in [0.5, 0.6) is 5.75 Å². The van der Waals surface area contributed by atoms with E-state index in [0.29, 0.717) is 73.1 Å². The topological polar surface area (TPSA) is 137 Å². The number of benzene rings is 2. The minimum absolute atomic E-state index is 0.000745. The van der Waals surface area contributed by atoms with E-state index in [0.717, 1.165) is 6.54 Å². The van der Waals surface area contributed by atoms with Crippen molar-refractivity contribution in [2.45, 2.75) is 90.2 Å². The van der Waals surface area contributed by atoms with Gasteiger partial charge in [-0.1, -0.05) is 50.8 Å². The number of rotatable bonds is 14. The molecule has 2 aromatic carbocycles. The van der Waals surface area contributed by atoms with Gasteiger partial charge in [-0.15, -0.1) is 0 Å². The number of unbranched alkanes of at least 4 members (excludes halogenated alkanes) is 2. The summed E-state index contributed by atoms with van der Waals surface area (Å²) in [6.07, 6.45) is 8.82. The van der Waals surface area contributed by atoms with E-state index in [1.54, 1.807) is 35.2 Å². The Morgan fingerprint density at radius 3 is 2.30 bits per heavy atom. The molecule has 3 amide bonds. The fourth-order valence-electron chi connectivity index (χ4n) is 6.54. The number of ether oxygens (including phenoxy) is 1. The molecule has 0 saturated heterocycles. The molecule has 10 nitrogen and oxygen atoms in total. The van der Waals surface area contributed by atoms with Crippen molar-refractivity contribution in [3.63, 3.8) is 0 Å². The molecule has 1 saturated carbocycles. The zero-order valence-corrected chi connectivity index (χ0v) is 27.8. The van der Waals surface area contributed by atoms with Gasteiger partial charge in [0, 0.05) is 38.4 Å². The number of anilines is 3. The lowest BCUT2D eigenvalue weighted by Crippen LogP contribution is -2.50. The number of fused-ring (bicyclic) bond motifs is 1. The highest BCUT2D eigenvalue weighted by atomic mass is 16.5. The summed E-state index contributed by atoms with van der Waals surface area (Å²) in [5.74, 6) is 0.574. The third kappa shape index (κ3) is 9.93. The van der Waals surface area contributed by atoms with Gasteiger partial charge in [-0.3, -0.25) is 14.4 Å². The predicted molar refractivity (Wildman–Crippen MR) is 183 cm³/mol. The van der Waals surface area contributed by atoms with Crippen LogP contribution in [0.15, 0.2) is 42.5 Å². The van der Waals surface area contributed by atoms with Crippen LogP contribution >= 0.6 is 0 Å². The lowest BCUT2D eigenvalue weighted by Gasteiger charge is -2.39. The van der Waals surface area contributed by atoms with Crippen molar-refractivity contribution in [3.8, 4) is 5.75 Å². The monoisotopic (exact) mass is 635 g/mol. The number of nitrogens with two attached hydrogens (primary N) is 1. The molecular weight excluding hydrogens is 582 g/mol. The number of nitrogens with one attached hydrogen (secondary N) is 2. The molecule has 46 heavy (non-hydrogen) atoms. The maximum Gasteiger partial charge on any atom is 0.258 e. The lowest BCUT2D eigenvalue weighted by molar-refractivity contribution is -0.116. The average molecular weight is 636 g/mol. The molecule has 1 aliphatic carbocycles. The van der Waals surface area contributed by atoms with Gasteiger partial charge in [0.1, 0.15) is 6.10 Å². The zero-order chi connectivity index (χ0) is 33.1. The van der Waals surface area contributed by atoms with Crippen LogP contribution in [0.4, 0.5) is 17.1 Å². The van der Waals surface area contributed by atoms with Gasteiger partial charge >= 0.3 is 0 Å². The number of nitrogens with zero attached hydrogens (tertiary/aromatic N) is 2. The minimum atomic E-state index is -0.355. The van der Waals surface area contributed by atoms with Crippen LogP contribution in [-0.2, 0) is 9.59 Å². The zero-order valence-electron chi connectivity index (χ0n) is 27.8. The first-order valence-corrected chi connectivity index (χ1v) is 17.0. The van der Waals surface area contributed by atoms with Crippen molar-refractivity contribution in [3.05, 3.63) is 48.0 Å². The van der Waals surface area contributed by atoms with E-state index in [2.05, 4.69) is 29.5 Å². The predicted octanol–water partition coefficient (Wildman–Crippen LogP) is 5.53. The Balaban J connectivity index is 1.39. The summed E-state index contributed by atoms with van der Waals surface area (Å²) in [5.41, 5.74) is 7.89. The van der Waals surface area contributed by atoms with Crippen LogP contribution in [0, 0.1) is 11.8 Å². The van der Waals surface area contributed by atoms with Crippen LogP contribution in [0.3, 0.4) is 0 Å². The summed E-state index contributed by atoms with van der Waals surface area (Å²) in [5, 5.41) is 15.8. The third-order valence-electron chi connectivity index (χ3n) is 9.29. The molecule has 0 unspecified atom stereocenters. The molecule has 252 valence electrons. The Labute approximate surface area is 274 Å². The first kappa shape index (κ1) is 35.2. The molecule has 0 spiro atoms. The van der Waals surface area contributed by atoms with Crippen molar-refractivity contribution in [2.75, 3.05) is 49.7 Å². The quantitative estimate of drug-likeness (QED) is 0.158. The lowest BCUT2D eigenvalue weighted by atomic mass is 9.89. The SMILES string of the molecule is C[C@@H]1CN([C@H](C)CO)C(=O)c2cccc(NC(=O)CCCCCC(=O)Nc3ccccc3N)c2O[C@H]1CN(C)CC1CCCCC1. The van der Waals surface area contributed by atoms with Crippen molar-refractivity contribution in [1.29, 1.82) is 0 Å². The van der Waals surface area contributed by atoms with Crippen molar-refractivity contribution < 1.29 is 24.2 Å². The second kappa shape index (κ2) is 17.3. The molecule has 3 atom stereocenters. The highest BCUT2D eigenvalue weighted by Crippen LogP contribution is 2.35. The summed E-state index contributed by atoms with van der Waals surface area (Å²) in [4.78, 5) is 43.2. The van der Waals surface area contributed by atoms with Gasteiger partial charge in [0.25, 0.3) is 5.91 Å². The second-order valence-electron chi connectivity index (χ2n) is 13.3. The molecule has 0 radical (unpaired) electrons. The molecule has 1 aliphatic heterocycles. The first-order chi connectivity index (χ1) is 22.2. The van der Waals surface area contributed by atoms with Gasteiger partial charge in [0.2, 0.25) is 11.8 Å². The van der Waals surface area contributed by atoms with Crippen molar-refractivity contribution >= 4 is 34.8 Å². The van der Waals surface area contributed by atoms with Gasteiger partial charge in [0.05, 0.1) is 35.3 Å². The highest BCUT2D eigenvalue weighted by molar-refractivity contribution is 6.01. The van der Waals surface area contributed by atoms with Crippen LogP contribution < -0.4 is 21.1 Å². The summed E-state index contributed by atoms with van der Waals surface area (Å²) in [6, 6.07) is 12.1. The van der Waals surface area contributed by atoms with E-state index in [-0.39, 0.29) is 48.8 Å². The average Bonchev–Trinajstić information content (AvgIpc) is 3.04. The van der Waals surface area contributed by atoms with Gasteiger partial charge in [-0.2, -0.15) is 0 Å². The molecule has 2 aliphatic rings. The molecule has 1 heterocycles. The number of hydrogen-bond acceptors (Lipinski definition) is 7. The van der Waals surface area contributed by atoms with Gasteiger partial charge in [0.15, 0.2) is 5.75 Å². The molecule has 0 aromatic heterocycles. The molecule has 10 heteroatoms. The smallest absolute Gasteiger partial charge is 0.258 e. The molecule has 4 rings (SSSR count). The van der Waals surface area contributed by atoms with Crippen LogP contribution in [0.2, 0.25) is 0 Å². The number of carbonyl (C=O) groups is 3. The van der Waals surface area contributed by atoms with E-state index in [1.807, 2.05) is 19.1 Å². The standard InChI is InChI=1S/C36H53N5O5/c1-25-21-41(26(2)24-42)36(45)28-15-12-18-31(35(28)46-32(25)23-40(3)22-27-13-6-4-7-14-27)39-34(44)20-9-5-8-19-33(43)38-30-17-11-10-16-29(30)37/h10-12,15-18,25-27,32,42H,4-9,13-14,19-24,37H2,1-3H3,(H,38,43)(H,39,44)/t25-,26-,32+/m1/s1. The fraction of sp³-hybridized carbons (Fsp3) is 0.583. The van der Waals surface area contributed by atoms with Crippen molar-refractivity contribution in [2.24, 2.45) is 11.8 Å². The first-order valence-electron chi connectivity index (χ1n) is 17.0. The number of aliphatic hydroxyl groups excluding tert-OH is 1.